The second kappa shape index (κ2) is 4.51. The van der Waals surface area contributed by atoms with Crippen molar-refractivity contribution in [2.75, 3.05) is 13.1 Å². The first-order valence-electron chi connectivity index (χ1n) is 5.63. The molecule has 0 aliphatic carbocycles. The summed E-state index contributed by atoms with van der Waals surface area (Å²) < 4.78 is 0. The molecule has 0 atom stereocenters. The topological polar surface area (TPSA) is 53.2 Å². The average Bonchev–Trinajstić information content (AvgIpc) is 2.77. The van der Waals surface area contributed by atoms with Gasteiger partial charge < -0.3 is 9.88 Å². The first kappa shape index (κ1) is 10.9. The zero-order valence-corrected chi connectivity index (χ0v) is 9.40. The van der Waals surface area contributed by atoms with Crippen LogP contribution in [-0.2, 0) is 0 Å². The summed E-state index contributed by atoms with van der Waals surface area (Å²) in [5, 5.41) is 0. The summed E-state index contributed by atoms with van der Waals surface area (Å²) in [4.78, 5) is 27.2. The average molecular weight is 220 g/mol. The summed E-state index contributed by atoms with van der Waals surface area (Å²) >= 11 is 0. The lowest BCUT2D eigenvalue weighted by molar-refractivity contribution is 0.0692. The minimum Gasteiger partial charge on any atom is -0.356 e. The summed E-state index contributed by atoms with van der Waals surface area (Å²) in [6, 6.07) is 1.60. The summed E-state index contributed by atoms with van der Waals surface area (Å²) in [5.74, 6) is 0.707. The van der Waals surface area contributed by atoms with Crippen LogP contribution in [0.25, 0.3) is 0 Å². The van der Waals surface area contributed by atoms with Gasteiger partial charge in [0.15, 0.2) is 6.29 Å². The smallest absolute Gasteiger partial charge is 0.270 e. The van der Waals surface area contributed by atoms with Crippen molar-refractivity contribution in [3.63, 3.8) is 0 Å². The van der Waals surface area contributed by atoms with Crippen LogP contribution in [0, 0.1) is 5.92 Å². The van der Waals surface area contributed by atoms with Gasteiger partial charge in [0.2, 0.25) is 0 Å². The highest BCUT2D eigenvalue weighted by molar-refractivity contribution is 5.94. The maximum Gasteiger partial charge on any atom is 0.270 e. The summed E-state index contributed by atoms with van der Waals surface area (Å²) in [6.07, 6.45) is 4.43. The fraction of sp³-hybridized carbons (Fsp3) is 0.500. The molecule has 0 aromatic carbocycles. The minimum absolute atomic E-state index is 0.000000000000000444. The van der Waals surface area contributed by atoms with Gasteiger partial charge in [-0.3, -0.25) is 9.59 Å². The van der Waals surface area contributed by atoms with Crippen LogP contribution in [0.4, 0.5) is 0 Å². The molecular weight excluding hydrogens is 204 g/mol. The summed E-state index contributed by atoms with van der Waals surface area (Å²) in [5.41, 5.74) is 1.03. The van der Waals surface area contributed by atoms with Crippen LogP contribution in [0.2, 0.25) is 0 Å². The highest BCUT2D eigenvalue weighted by Crippen LogP contribution is 2.17. The van der Waals surface area contributed by atoms with E-state index in [0.29, 0.717) is 17.2 Å². The Morgan fingerprint density at radius 3 is 2.75 bits per heavy atom. The molecule has 86 valence electrons. The van der Waals surface area contributed by atoms with Crippen molar-refractivity contribution in [1.29, 1.82) is 0 Å². The molecule has 2 rings (SSSR count). The Balaban J connectivity index is 2.04. The van der Waals surface area contributed by atoms with Crippen LogP contribution in [0.5, 0.6) is 0 Å². The highest BCUT2D eigenvalue weighted by atomic mass is 16.2. The van der Waals surface area contributed by atoms with E-state index in [1.165, 1.54) is 0 Å². The standard InChI is InChI=1S/C12H16N2O2/c1-9-2-4-14(5-3-9)12(16)11-6-10(8-15)7-13-11/h6-9,13H,2-5H2,1H3. The molecule has 1 fully saturated rings. The number of hydrogen-bond donors (Lipinski definition) is 1. The predicted octanol–water partition coefficient (Wildman–Crippen LogP) is 1.70. The van der Waals surface area contributed by atoms with Crippen molar-refractivity contribution in [2.45, 2.75) is 19.8 Å². The van der Waals surface area contributed by atoms with Crippen molar-refractivity contribution >= 4 is 12.2 Å². The zero-order chi connectivity index (χ0) is 11.5. The number of likely N-dealkylation sites (tertiary alicyclic amines) is 1. The monoisotopic (exact) mass is 220 g/mol. The van der Waals surface area contributed by atoms with E-state index < -0.39 is 0 Å². The van der Waals surface area contributed by atoms with E-state index in [9.17, 15) is 9.59 Å². The molecule has 1 amide bonds. The Morgan fingerprint density at radius 1 is 1.50 bits per heavy atom. The fourth-order valence-electron chi connectivity index (χ4n) is 1.98. The molecule has 2 heterocycles. The third kappa shape index (κ3) is 2.15. The van der Waals surface area contributed by atoms with Crippen molar-refractivity contribution in [2.24, 2.45) is 5.92 Å². The molecule has 16 heavy (non-hydrogen) atoms. The molecule has 0 spiro atoms. The number of aromatic nitrogens is 1. The highest BCUT2D eigenvalue weighted by Gasteiger charge is 2.22. The van der Waals surface area contributed by atoms with Gasteiger partial charge in [0.1, 0.15) is 5.69 Å². The third-order valence-corrected chi connectivity index (χ3v) is 3.14. The van der Waals surface area contributed by atoms with Crippen LogP contribution in [0.15, 0.2) is 12.3 Å². The van der Waals surface area contributed by atoms with E-state index in [0.717, 1.165) is 32.2 Å². The van der Waals surface area contributed by atoms with Crippen LogP contribution < -0.4 is 0 Å². The van der Waals surface area contributed by atoms with E-state index in [2.05, 4.69) is 11.9 Å². The molecular formula is C12H16N2O2. The van der Waals surface area contributed by atoms with Crippen molar-refractivity contribution < 1.29 is 9.59 Å². The number of aldehydes is 1. The number of carbonyl (C=O) groups is 2. The van der Waals surface area contributed by atoms with E-state index in [-0.39, 0.29) is 5.91 Å². The molecule has 1 N–H and O–H groups in total. The van der Waals surface area contributed by atoms with Gasteiger partial charge in [-0.15, -0.1) is 0 Å². The molecule has 1 aliphatic rings. The summed E-state index contributed by atoms with van der Waals surface area (Å²) in [6.45, 7) is 3.84. The van der Waals surface area contributed by atoms with E-state index in [4.69, 9.17) is 0 Å². The van der Waals surface area contributed by atoms with Gasteiger partial charge in [0.05, 0.1) is 0 Å². The quantitative estimate of drug-likeness (QED) is 0.771. The number of hydrogen-bond acceptors (Lipinski definition) is 2. The van der Waals surface area contributed by atoms with E-state index >= 15 is 0 Å². The van der Waals surface area contributed by atoms with E-state index in [1.54, 1.807) is 12.3 Å². The third-order valence-electron chi connectivity index (χ3n) is 3.14. The molecule has 4 nitrogen and oxygen atoms in total. The first-order valence-corrected chi connectivity index (χ1v) is 5.63. The van der Waals surface area contributed by atoms with Crippen LogP contribution in [-0.4, -0.2) is 35.2 Å². The van der Waals surface area contributed by atoms with Crippen molar-refractivity contribution in [1.82, 2.24) is 9.88 Å². The molecule has 0 unspecified atom stereocenters. The number of rotatable bonds is 2. The largest absolute Gasteiger partial charge is 0.356 e. The maximum atomic E-state index is 12.0. The second-order valence-corrected chi connectivity index (χ2v) is 4.44. The molecule has 1 saturated heterocycles. The Labute approximate surface area is 94.6 Å². The number of piperidine rings is 1. The Bertz CT molecular complexity index is 389. The lowest BCUT2D eigenvalue weighted by Crippen LogP contribution is -2.38. The Kier molecular flexibility index (Phi) is 3.08. The summed E-state index contributed by atoms with van der Waals surface area (Å²) in [7, 11) is 0. The number of nitrogens with zero attached hydrogens (tertiary/aromatic N) is 1. The van der Waals surface area contributed by atoms with Gasteiger partial charge in [-0.2, -0.15) is 0 Å². The predicted molar refractivity (Wildman–Crippen MR) is 60.5 cm³/mol. The number of H-pyrrole nitrogens is 1. The van der Waals surface area contributed by atoms with Gasteiger partial charge in [-0.05, 0) is 24.8 Å². The first-order chi connectivity index (χ1) is 7.70. The van der Waals surface area contributed by atoms with Crippen LogP contribution in [0.3, 0.4) is 0 Å². The lowest BCUT2D eigenvalue weighted by Gasteiger charge is -2.29. The van der Waals surface area contributed by atoms with Gasteiger partial charge in [-0.1, -0.05) is 6.92 Å². The van der Waals surface area contributed by atoms with Crippen LogP contribution >= 0.6 is 0 Å². The molecule has 0 saturated carbocycles. The van der Waals surface area contributed by atoms with E-state index in [1.807, 2.05) is 4.90 Å². The number of carbonyl (C=O) groups excluding carboxylic acids is 2. The van der Waals surface area contributed by atoms with Crippen molar-refractivity contribution in [3.05, 3.63) is 23.5 Å². The zero-order valence-electron chi connectivity index (χ0n) is 9.40. The normalized spacial score (nSPS) is 17.4. The molecule has 1 aromatic heterocycles. The van der Waals surface area contributed by atoms with Gasteiger partial charge in [0, 0.05) is 24.8 Å². The Hall–Kier alpha value is -1.58. The minimum atomic E-state index is 0.000000000000000444. The fourth-order valence-corrected chi connectivity index (χ4v) is 1.98. The lowest BCUT2D eigenvalue weighted by atomic mass is 9.99. The molecule has 1 aliphatic heterocycles. The number of nitrogens with one attached hydrogen (secondary N) is 1. The second-order valence-electron chi connectivity index (χ2n) is 4.44. The molecule has 0 radical (unpaired) electrons. The maximum absolute atomic E-state index is 12.0. The molecule has 4 heteroatoms. The van der Waals surface area contributed by atoms with Crippen molar-refractivity contribution in [3.8, 4) is 0 Å². The Morgan fingerprint density at radius 2 is 2.19 bits per heavy atom. The van der Waals surface area contributed by atoms with Gasteiger partial charge in [-0.25, -0.2) is 0 Å². The van der Waals surface area contributed by atoms with Gasteiger partial charge >= 0.3 is 0 Å². The molecule has 1 aromatic rings. The number of amides is 1. The molecule has 0 bridgehead atoms. The SMILES string of the molecule is CC1CCN(C(=O)c2cc(C=O)c[nH]2)CC1. The van der Waals surface area contributed by atoms with Crippen LogP contribution in [0.1, 0.15) is 40.6 Å². The number of aromatic amines is 1. The van der Waals surface area contributed by atoms with Gasteiger partial charge in [0.25, 0.3) is 5.91 Å².